The van der Waals surface area contributed by atoms with Gasteiger partial charge in [0.25, 0.3) is 0 Å². The third-order valence-electron chi connectivity index (χ3n) is 1.73. The lowest BCUT2D eigenvalue weighted by atomic mass is 10.2. The minimum atomic E-state index is -5.32. The first-order valence-corrected chi connectivity index (χ1v) is 5.28. The number of aromatic nitrogens is 1. The first-order chi connectivity index (χ1) is 8.06. The fourth-order valence-electron chi connectivity index (χ4n) is 1.10. The molecule has 0 bridgehead atoms. The van der Waals surface area contributed by atoms with Crippen molar-refractivity contribution in [1.82, 2.24) is 4.98 Å². The zero-order chi connectivity index (χ0) is 14.1. The maximum absolute atomic E-state index is 12.6. The van der Waals surface area contributed by atoms with E-state index in [-0.39, 0.29) is 11.5 Å². The van der Waals surface area contributed by atoms with Gasteiger partial charge in [-0.3, -0.25) is 4.98 Å². The van der Waals surface area contributed by atoms with Crippen LogP contribution in [0, 0.1) is 0 Å². The summed E-state index contributed by atoms with van der Waals surface area (Å²) in [4.78, 5) is 3.23. The molecule has 0 aliphatic rings. The van der Waals surface area contributed by atoms with Gasteiger partial charge in [-0.15, -0.1) is 13.2 Å². The van der Waals surface area contributed by atoms with Gasteiger partial charge in [0, 0.05) is 5.33 Å². The van der Waals surface area contributed by atoms with Crippen LogP contribution >= 0.6 is 15.9 Å². The zero-order valence-corrected chi connectivity index (χ0v) is 9.82. The minimum Gasteiger partial charge on any atom is -0.505 e. The van der Waals surface area contributed by atoms with Gasteiger partial charge in [-0.1, -0.05) is 15.9 Å². The van der Waals surface area contributed by atoms with Crippen LogP contribution in [0.1, 0.15) is 11.3 Å². The Morgan fingerprint density at radius 3 is 2.17 bits per heavy atom. The maximum atomic E-state index is 12.6. The first-order valence-electron chi connectivity index (χ1n) is 4.16. The topological polar surface area (TPSA) is 42.4 Å². The van der Waals surface area contributed by atoms with E-state index in [0.29, 0.717) is 0 Å². The molecule has 1 heterocycles. The molecular formula is C8H4BrF6NO2. The Labute approximate surface area is 105 Å². The SMILES string of the molecule is Oc1c(CBr)ncc(OC(F)(F)F)c1C(F)(F)F. The molecule has 102 valence electrons. The number of hydrogen-bond acceptors (Lipinski definition) is 3. The zero-order valence-electron chi connectivity index (χ0n) is 8.23. The monoisotopic (exact) mass is 339 g/mol. The van der Waals surface area contributed by atoms with E-state index in [0.717, 1.165) is 0 Å². The normalized spacial score (nSPS) is 12.6. The van der Waals surface area contributed by atoms with Gasteiger partial charge in [-0.2, -0.15) is 13.2 Å². The molecule has 1 aromatic rings. The molecule has 0 saturated carbocycles. The van der Waals surface area contributed by atoms with Crippen LogP contribution in [0.15, 0.2) is 6.20 Å². The van der Waals surface area contributed by atoms with Gasteiger partial charge in [0.1, 0.15) is 5.56 Å². The van der Waals surface area contributed by atoms with Crippen LogP contribution in [0.3, 0.4) is 0 Å². The van der Waals surface area contributed by atoms with E-state index in [1.165, 1.54) is 0 Å². The molecule has 0 aliphatic carbocycles. The molecular weight excluding hydrogens is 336 g/mol. The van der Waals surface area contributed by atoms with Crippen molar-refractivity contribution < 1.29 is 36.2 Å². The number of aromatic hydroxyl groups is 1. The summed E-state index contributed by atoms with van der Waals surface area (Å²) in [5.74, 6) is -3.00. The van der Waals surface area contributed by atoms with Crippen LogP contribution in [-0.4, -0.2) is 16.5 Å². The summed E-state index contributed by atoms with van der Waals surface area (Å²) in [5, 5.41) is 8.99. The van der Waals surface area contributed by atoms with Crippen LogP contribution in [-0.2, 0) is 11.5 Å². The highest BCUT2D eigenvalue weighted by molar-refractivity contribution is 9.08. The number of halogens is 7. The standard InChI is InChI=1S/C8H4BrF6NO2/c9-1-3-6(17)5(7(10,11)12)4(2-16-3)18-8(13,14)15/h2,17H,1H2. The van der Waals surface area contributed by atoms with E-state index in [2.05, 4.69) is 25.7 Å². The van der Waals surface area contributed by atoms with Gasteiger partial charge >= 0.3 is 12.5 Å². The number of rotatable bonds is 2. The Morgan fingerprint density at radius 2 is 1.78 bits per heavy atom. The molecule has 0 radical (unpaired) electrons. The van der Waals surface area contributed by atoms with E-state index < -0.39 is 35.3 Å². The van der Waals surface area contributed by atoms with Crippen molar-refractivity contribution in [3.63, 3.8) is 0 Å². The van der Waals surface area contributed by atoms with Gasteiger partial charge in [0.15, 0.2) is 11.5 Å². The van der Waals surface area contributed by atoms with Crippen molar-refractivity contribution in [1.29, 1.82) is 0 Å². The van der Waals surface area contributed by atoms with Gasteiger partial charge in [0.2, 0.25) is 0 Å². The van der Waals surface area contributed by atoms with Gasteiger partial charge in [0.05, 0.1) is 11.9 Å². The maximum Gasteiger partial charge on any atom is 0.573 e. The Bertz CT molecular complexity index is 444. The second kappa shape index (κ2) is 4.82. The molecule has 0 saturated heterocycles. The molecule has 0 unspecified atom stereocenters. The van der Waals surface area contributed by atoms with Crippen molar-refractivity contribution >= 4 is 15.9 Å². The Hall–Kier alpha value is -1.19. The van der Waals surface area contributed by atoms with Crippen molar-refractivity contribution in [3.8, 4) is 11.5 Å². The van der Waals surface area contributed by atoms with Crippen molar-refractivity contribution in [2.75, 3.05) is 0 Å². The summed E-state index contributed by atoms with van der Waals surface area (Å²) in [6.07, 6.45) is -10.3. The van der Waals surface area contributed by atoms with Gasteiger partial charge < -0.3 is 9.84 Å². The summed E-state index contributed by atoms with van der Waals surface area (Å²) >= 11 is 2.74. The van der Waals surface area contributed by atoms with Crippen LogP contribution in [0.5, 0.6) is 11.5 Å². The summed E-state index contributed by atoms with van der Waals surface area (Å²) in [6.45, 7) is 0. The molecule has 10 heteroatoms. The van der Waals surface area contributed by atoms with Gasteiger partial charge in [-0.25, -0.2) is 0 Å². The largest absolute Gasteiger partial charge is 0.573 e. The van der Waals surface area contributed by atoms with Crippen LogP contribution in [0.25, 0.3) is 0 Å². The smallest absolute Gasteiger partial charge is 0.505 e. The van der Waals surface area contributed by atoms with Gasteiger partial charge in [-0.05, 0) is 0 Å². The number of ether oxygens (including phenoxy) is 1. The summed E-state index contributed by atoms with van der Waals surface area (Å²) in [7, 11) is 0. The molecule has 0 atom stereocenters. The highest BCUT2D eigenvalue weighted by Gasteiger charge is 2.42. The molecule has 0 aromatic carbocycles. The Balaban J connectivity index is 3.39. The average Bonchev–Trinajstić information content (AvgIpc) is 2.13. The number of hydrogen-bond donors (Lipinski definition) is 1. The van der Waals surface area contributed by atoms with Crippen molar-refractivity contribution in [2.24, 2.45) is 0 Å². The molecule has 1 N–H and O–H groups in total. The summed E-state index contributed by atoms with van der Waals surface area (Å²) in [6, 6.07) is 0. The highest BCUT2D eigenvalue weighted by Crippen LogP contribution is 2.44. The van der Waals surface area contributed by atoms with E-state index >= 15 is 0 Å². The lowest BCUT2D eigenvalue weighted by molar-refractivity contribution is -0.276. The summed E-state index contributed by atoms with van der Waals surface area (Å²) < 4.78 is 76.6. The molecule has 0 aliphatic heterocycles. The number of pyridine rings is 1. The Kier molecular flexibility index (Phi) is 3.99. The average molecular weight is 340 g/mol. The Morgan fingerprint density at radius 1 is 1.22 bits per heavy atom. The van der Waals surface area contributed by atoms with Crippen molar-refractivity contribution in [2.45, 2.75) is 17.9 Å². The highest BCUT2D eigenvalue weighted by atomic mass is 79.9. The molecule has 0 spiro atoms. The van der Waals surface area contributed by atoms with E-state index in [1.54, 1.807) is 0 Å². The lowest BCUT2D eigenvalue weighted by Crippen LogP contribution is -2.20. The molecule has 0 fully saturated rings. The first kappa shape index (κ1) is 14.9. The number of alkyl halides is 7. The van der Waals surface area contributed by atoms with E-state index in [9.17, 15) is 31.4 Å². The third kappa shape index (κ3) is 3.40. The van der Waals surface area contributed by atoms with Crippen molar-refractivity contribution in [3.05, 3.63) is 17.5 Å². The lowest BCUT2D eigenvalue weighted by Gasteiger charge is -2.17. The quantitative estimate of drug-likeness (QED) is 0.661. The van der Waals surface area contributed by atoms with E-state index in [4.69, 9.17) is 0 Å². The van der Waals surface area contributed by atoms with Crippen LogP contribution < -0.4 is 4.74 Å². The second-order valence-electron chi connectivity index (χ2n) is 2.97. The number of nitrogens with zero attached hydrogens (tertiary/aromatic N) is 1. The molecule has 18 heavy (non-hydrogen) atoms. The fourth-order valence-corrected chi connectivity index (χ4v) is 1.51. The van der Waals surface area contributed by atoms with E-state index in [1.807, 2.05) is 0 Å². The molecule has 1 rings (SSSR count). The predicted molar refractivity (Wildman–Crippen MR) is 50.2 cm³/mol. The molecule has 1 aromatic heterocycles. The fraction of sp³-hybridized carbons (Fsp3) is 0.375. The molecule has 3 nitrogen and oxygen atoms in total. The predicted octanol–water partition coefficient (Wildman–Crippen LogP) is 3.60. The summed E-state index contributed by atoms with van der Waals surface area (Å²) in [5.41, 5.74) is -2.36. The second-order valence-corrected chi connectivity index (χ2v) is 3.53. The van der Waals surface area contributed by atoms with Crippen LogP contribution in [0.4, 0.5) is 26.3 Å². The minimum absolute atomic E-state index is 0.256. The third-order valence-corrected chi connectivity index (χ3v) is 2.26. The molecule has 0 amide bonds. The van der Waals surface area contributed by atoms with Crippen LogP contribution in [0.2, 0.25) is 0 Å².